The number of carbonyl (C=O) groups excluding carboxylic acids is 1. The lowest BCUT2D eigenvalue weighted by molar-refractivity contribution is -0.0507. The fraction of sp³-hybridized carbons (Fsp3) is 0.500. The predicted molar refractivity (Wildman–Crippen MR) is 71.1 cm³/mol. The zero-order valence-electron chi connectivity index (χ0n) is 11.7. The molecule has 0 aliphatic carbocycles. The smallest absolute Gasteiger partial charge is 0.387 e. The van der Waals surface area contributed by atoms with Gasteiger partial charge in [0.25, 0.3) is 5.91 Å². The van der Waals surface area contributed by atoms with Crippen LogP contribution in [0.5, 0.6) is 5.75 Å². The number of hydrogen-bond acceptors (Lipinski definition) is 3. The summed E-state index contributed by atoms with van der Waals surface area (Å²) in [7, 11) is 0. The van der Waals surface area contributed by atoms with Gasteiger partial charge in [-0.2, -0.15) is 8.78 Å². The largest absolute Gasteiger partial charge is 0.434 e. The topological polar surface area (TPSA) is 58.6 Å². The molecule has 0 bridgehead atoms. The molecular formula is C14H19F2NO3. The third kappa shape index (κ3) is 4.45. The molecule has 1 rings (SSSR count). The number of aryl methyl sites for hydroxylation is 2. The zero-order valence-corrected chi connectivity index (χ0v) is 11.7. The summed E-state index contributed by atoms with van der Waals surface area (Å²) < 4.78 is 29.0. The molecule has 0 aliphatic rings. The molecule has 0 radical (unpaired) electrons. The molecule has 0 heterocycles. The average molecular weight is 287 g/mol. The Morgan fingerprint density at radius 1 is 1.35 bits per heavy atom. The van der Waals surface area contributed by atoms with Gasteiger partial charge in [0.15, 0.2) is 0 Å². The van der Waals surface area contributed by atoms with E-state index in [0.717, 1.165) is 0 Å². The van der Waals surface area contributed by atoms with Crippen LogP contribution in [0.3, 0.4) is 0 Å². The van der Waals surface area contributed by atoms with Crippen LogP contribution < -0.4 is 10.1 Å². The van der Waals surface area contributed by atoms with Crippen molar-refractivity contribution < 1.29 is 23.4 Å². The fourth-order valence-electron chi connectivity index (χ4n) is 1.79. The molecule has 0 aromatic heterocycles. The van der Waals surface area contributed by atoms with E-state index < -0.39 is 6.61 Å². The van der Waals surface area contributed by atoms with E-state index in [-0.39, 0.29) is 24.2 Å². The van der Waals surface area contributed by atoms with Crippen molar-refractivity contribution in [2.45, 2.75) is 27.4 Å². The summed E-state index contributed by atoms with van der Waals surface area (Å²) in [6.07, 6.45) is 0. The highest BCUT2D eigenvalue weighted by molar-refractivity contribution is 5.94. The van der Waals surface area contributed by atoms with Crippen LogP contribution in [0, 0.1) is 19.8 Å². The number of amides is 1. The van der Waals surface area contributed by atoms with Gasteiger partial charge in [0.1, 0.15) is 5.75 Å². The lowest BCUT2D eigenvalue weighted by atomic mass is 10.0. The molecule has 0 aliphatic heterocycles. The predicted octanol–water partition coefficient (Wildman–Crippen LogP) is 2.26. The molecule has 1 atom stereocenters. The number of aliphatic hydroxyl groups excluding tert-OH is 1. The number of halogens is 2. The average Bonchev–Trinajstić information content (AvgIpc) is 2.39. The van der Waals surface area contributed by atoms with E-state index in [9.17, 15) is 13.6 Å². The maximum Gasteiger partial charge on any atom is 0.387 e. The Morgan fingerprint density at radius 2 is 1.90 bits per heavy atom. The maximum absolute atomic E-state index is 12.3. The number of ether oxygens (including phenoxy) is 1. The molecular weight excluding hydrogens is 268 g/mol. The number of aliphatic hydroxyl groups is 1. The van der Waals surface area contributed by atoms with E-state index in [2.05, 4.69) is 10.1 Å². The van der Waals surface area contributed by atoms with Gasteiger partial charge >= 0.3 is 6.61 Å². The van der Waals surface area contributed by atoms with Gasteiger partial charge in [0, 0.05) is 18.7 Å². The fourth-order valence-corrected chi connectivity index (χ4v) is 1.79. The highest BCUT2D eigenvalue weighted by Gasteiger charge is 2.15. The molecule has 1 unspecified atom stereocenters. The summed E-state index contributed by atoms with van der Waals surface area (Å²) in [4.78, 5) is 11.9. The quantitative estimate of drug-likeness (QED) is 0.843. The van der Waals surface area contributed by atoms with Gasteiger partial charge in [0.2, 0.25) is 0 Å². The minimum absolute atomic E-state index is 0.0144. The molecule has 1 aromatic carbocycles. The van der Waals surface area contributed by atoms with Crippen molar-refractivity contribution in [1.29, 1.82) is 0 Å². The van der Waals surface area contributed by atoms with Gasteiger partial charge in [-0.15, -0.1) is 0 Å². The number of hydrogen-bond donors (Lipinski definition) is 2. The van der Waals surface area contributed by atoms with E-state index in [1.165, 1.54) is 12.1 Å². The van der Waals surface area contributed by atoms with Crippen LogP contribution >= 0.6 is 0 Å². The summed E-state index contributed by atoms with van der Waals surface area (Å²) in [5.41, 5.74) is 1.34. The van der Waals surface area contributed by atoms with Crippen LogP contribution in [0.1, 0.15) is 28.4 Å². The standard InChI is InChI=1S/C14H19F2NO3/c1-8(7-18)6-17-13(19)11-4-9(2)12(10(3)5-11)20-14(15)16/h4-5,8,14,18H,6-7H2,1-3H3,(H,17,19). The van der Waals surface area contributed by atoms with Crippen LogP contribution in [0.15, 0.2) is 12.1 Å². The van der Waals surface area contributed by atoms with Gasteiger partial charge in [-0.05, 0) is 43.0 Å². The molecule has 0 spiro atoms. The van der Waals surface area contributed by atoms with Crippen LogP contribution in [0.4, 0.5) is 8.78 Å². The van der Waals surface area contributed by atoms with E-state index in [1.807, 2.05) is 0 Å². The van der Waals surface area contributed by atoms with Crippen molar-refractivity contribution in [3.05, 3.63) is 28.8 Å². The SMILES string of the molecule is Cc1cc(C(=O)NCC(C)CO)cc(C)c1OC(F)F. The molecule has 2 N–H and O–H groups in total. The Bertz CT molecular complexity index is 454. The number of rotatable bonds is 6. The minimum atomic E-state index is -2.89. The van der Waals surface area contributed by atoms with E-state index in [1.54, 1.807) is 20.8 Å². The summed E-state index contributed by atoms with van der Waals surface area (Å²) in [5, 5.41) is 11.6. The number of nitrogens with one attached hydrogen (secondary N) is 1. The van der Waals surface area contributed by atoms with E-state index >= 15 is 0 Å². The van der Waals surface area contributed by atoms with Gasteiger partial charge in [-0.1, -0.05) is 6.92 Å². The molecule has 0 saturated carbocycles. The van der Waals surface area contributed by atoms with Crippen molar-refractivity contribution in [2.75, 3.05) is 13.2 Å². The van der Waals surface area contributed by atoms with Crippen LogP contribution in [-0.4, -0.2) is 30.8 Å². The van der Waals surface area contributed by atoms with Crippen molar-refractivity contribution in [3.8, 4) is 5.75 Å². The second kappa shape index (κ2) is 7.19. The van der Waals surface area contributed by atoms with Gasteiger partial charge in [-0.25, -0.2) is 0 Å². The third-order valence-electron chi connectivity index (χ3n) is 2.85. The van der Waals surface area contributed by atoms with E-state index in [4.69, 9.17) is 5.11 Å². The Balaban J connectivity index is 2.85. The first-order valence-electron chi connectivity index (χ1n) is 6.30. The van der Waals surface area contributed by atoms with Crippen LogP contribution in [-0.2, 0) is 0 Å². The van der Waals surface area contributed by atoms with E-state index in [0.29, 0.717) is 23.2 Å². The van der Waals surface area contributed by atoms with Gasteiger partial charge in [-0.3, -0.25) is 4.79 Å². The maximum atomic E-state index is 12.3. The normalized spacial score (nSPS) is 12.3. The summed E-state index contributed by atoms with van der Waals surface area (Å²) in [6, 6.07) is 3.01. The summed E-state index contributed by atoms with van der Waals surface area (Å²) in [5.74, 6) is -0.247. The zero-order chi connectivity index (χ0) is 15.3. The van der Waals surface area contributed by atoms with Crippen LogP contribution in [0.2, 0.25) is 0 Å². The lowest BCUT2D eigenvalue weighted by Crippen LogP contribution is -2.29. The van der Waals surface area contributed by atoms with Crippen molar-refractivity contribution in [1.82, 2.24) is 5.32 Å². The number of carbonyl (C=O) groups is 1. The van der Waals surface area contributed by atoms with Gasteiger partial charge in [0.05, 0.1) is 0 Å². The monoisotopic (exact) mass is 287 g/mol. The van der Waals surface area contributed by atoms with Crippen molar-refractivity contribution >= 4 is 5.91 Å². The molecule has 20 heavy (non-hydrogen) atoms. The van der Waals surface area contributed by atoms with Gasteiger partial charge < -0.3 is 15.2 Å². The molecule has 0 saturated heterocycles. The first kappa shape index (κ1) is 16.4. The Morgan fingerprint density at radius 3 is 2.35 bits per heavy atom. The first-order chi connectivity index (χ1) is 9.35. The Kier molecular flexibility index (Phi) is 5.88. The second-order valence-corrected chi connectivity index (χ2v) is 4.82. The molecule has 4 nitrogen and oxygen atoms in total. The molecule has 1 amide bonds. The minimum Gasteiger partial charge on any atom is -0.434 e. The summed E-state index contributed by atoms with van der Waals surface area (Å²) in [6.45, 7) is 2.46. The first-order valence-corrected chi connectivity index (χ1v) is 6.30. The second-order valence-electron chi connectivity index (χ2n) is 4.82. The highest BCUT2D eigenvalue weighted by Crippen LogP contribution is 2.26. The third-order valence-corrected chi connectivity index (χ3v) is 2.85. The molecule has 1 aromatic rings. The molecule has 112 valence electrons. The number of benzene rings is 1. The lowest BCUT2D eigenvalue weighted by Gasteiger charge is -2.14. The van der Waals surface area contributed by atoms with Crippen LogP contribution in [0.25, 0.3) is 0 Å². The number of alkyl halides is 2. The molecule has 0 fully saturated rings. The Hall–Kier alpha value is -1.69. The summed E-state index contributed by atoms with van der Waals surface area (Å²) >= 11 is 0. The van der Waals surface area contributed by atoms with Crippen molar-refractivity contribution in [3.63, 3.8) is 0 Å². The van der Waals surface area contributed by atoms with Crippen molar-refractivity contribution in [2.24, 2.45) is 5.92 Å². The Labute approximate surface area is 116 Å². The highest BCUT2D eigenvalue weighted by atomic mass is 19.3. The molecule has 6 heteroatoms.